The van der Waals surface area contributed by atoms with Crippen LogP contribution in [0.4, 0.5) is 0 Å². The highest BCUT2D eigenvalue weighted by Crippen LogP contribution is 2.10. The Morgan fingerprint density at radius 2 is 2.08 bits per heavy atom. The van der Waals surface area contributed by atoms with Crippen LogP contribution in [0.5, 0.6) is 0 Å². The standard InChI is InChI=1S/C8H14O4/c1-3-6(5(2)10)8(12)7(11)4-9/h3,6-9,11-12H,1,4H2,2H3. The highest BCUT2D eigenvalue weighted by molar-refractivity contribution is 5.80. The van der Waals surface area contributed by atoms with Gasteiger partial charge in [0, 0.05) is 0 Å². The van der Waals surface area contributed by atoms with Crippen LogP contribution in [0, 0.1) is 5.92 Å². The number of hydrogen-bond donors (Lipinski definition) is 3. The minimum absolute atomic E-state index is 0.287. The Labute approximate surface area is 71.1 Å². The molecule has 0 saturated carbocycles. The van der Waals surface area contributed by atoms with Crippen molar-refractivity contribution in [2.24, 2.45) is 5.92 Å². The molecule has 3 unspecified atom stereocenters. The topological polar surface area (TPSA) is 77.8 Å². The number of Topliss-reactive ketones (excluding diaryl/α,β-unsaturated/α-hetero) is 1. The molecule has 3 atom stereocenters. The average molecular weight is 174 g/mol. The van der Waals surface area contributed by atoms with E-state index in [0.717, 1.165) is 0 Å². The summed E-state index contributed by atoms with van der Waals surface area (Å²) in [6, 6.07) is 0. The normalized spacial score (nSPS) is 18.0. The van der Waals surface area contributed by atoms with Crippen molar-refractivity contribution in [3.63, 3.8) is 0 Å². The van der Waals surface area contributed by atoms with Crippen LogP contribution < -0.4 is 0 Å². The molecule has 0 radical (unpaired) electrons. The van der Waals surface area contributed by atoms with Crippen molar-refractivity contribution in [1.29, 1.82) is 0 Å². The number of carbonyl (C=O) groups is 1. The predicted molar refractivity (Wildman–Crippen MR) is 43.5 cm³/mol. The first-order chi connectivity index (χ1) is 5.54. The number of aliphatic hydroxyl groups is 3. The van der Waals surface area contributed by atoms with Crippen LogP contribution >= 0.6 is 0 Å². The Kier molecular flexibility index (Phi) is 4.73. The third-order valence-electron chi connectivity index (χ3n) is 1.67. The molecule has 70 valence electrons. The molecule has 0 aliphatic heterocycles. The maximum atomic E-state index is 10.8. The van der Waals surface area contributed by atoms with Crippen molar-refractivity contribution < 1.29 is 20.1 Å². The van der Waals surface area contributed by atoms with Crippen molar-refractivity contribution in [2.45, 2.75) is 19.1 Å². The smallest absolute Gasteiger partial charge is 0.139 e. The average Bonchev–Trinajstić information content (AvgIpc) is 2.03. The highest BCUT2D eigenvalue weighted by atomic mass is 16.4. The maximum Gasteiger partial charge on any atom is 0.139 e. The van der Waals surface area contributed by atoms with E-state index in [9.17, 15) is 9.90 Å². The summed E-state index contributed by atoms with van der Waals surface area (Å²) in [5, 5.41) is 26.7. The van der Waals surface area contributed by atoms with E-state index in [1.807, 2.05) is 0 Å². The third kappa shape index (κ3) is 2.73. The molecule has 0 aliphatic rings. The Hall–Kier alpha value is -0.710. The summed E-state index contributed by atoms with van der Waals surface area (Å²) in [7, 11) is 0. The van der Waals surface area contributed by atoms with E-state index < -0.39 is 24.7 Å². The van der Waals surface area contributed by atoms with Gasteiger partial charge in [0.2, 0.25) is 0 Å². The molecule has 0 saturated heterocycles. The van der Waals surface area contributed by atoms with Gasteiger partial charge in [-0.15, -0.1) is 6.58 Å². The van der Waals surface area contributed by atoms with Gasteiger partial charge in [0.15, 0.2) is 0 Å². The minimum Gasteiger partial charge on any atom is -0.394 e. The Balaban J connectivity index is 4.30. The van der Waals surface area contributed by atoms with E-state index in [1.54, 1.807) is 0 Å². The summed E-state index contributed by atoms with van der Waals surface area (Å²) in [4.78, 5) is 10.8. The zero-order valence-electron chi connectivity index (χ0n) is 6.97. The van der Waals surface area contributed by atoms with Crippen molar-refractivity contribution in [3.8, 4) is 0 Å². The molecule has 12 heavy (non-hydrogen) atoms. The summed E-state index contributed by atoms with van der Waals surface area (Å²) in [6.07, 6.45) is -1.31. The van der Waals surface area contributed by atoms with Crippen LogP contribution in [0.15, 0.2) is 12.7 Å². The van der Waals surface area contributed by atoms with Gasteiger partial charge in [-0.05, 0) is 6.92 Å². The van der Waals surface area contributed by atoms with Crippen LogP contribution in [0.3, 0.4) is 0 Å². The van der Waals surface area contributed by atoms with Gasteiger partial charge < -0.3 is 15.3 Å². The van der Waals surface area contributed by atoms with Crippen LogP contribution in [0.1, 0.15) is 6.92 Å². The van der Waals surface area contributed by atoms with Gasteiger partial charge in [0.25, 0.3) is 0 Å². The lowest BCUT2D eigenvalue weighted by molar-refractivity contribution is -0.125. The third-order valence-corrected chi connectivity index (χ3v) is 1.67. The van der Waals surface area contributed by atoms with Crippen LogP contribution in [0.25, 0.3) is 0 Å². The number of carbonyl (C=O) groups excluding carboxylic acids is 1. The second-order valence-corrected chi connectivity index (χ2v) is 2.61. The highest BCUT2D eigenvalue weighted by Gasteiger charge is 2.26. The molecule has 3 N–H and O–H groups in total. The van der Waals surface area contributed by atoms with Gasteiger partial charge >= 0.3 is 0 Å². The fourth-order valence-electron chi connectivity index (χ4n) is 0.893. The second-order valence-electron chi connectivity index (χ2n) is 2.61. The molecule has 0 fully saturated rings. The fraction of sp³-hybridized carbons (Fsp3) is 0.625. The molecular weight excluding hydrogens is 160 g/mol. The van der Waals surface area contributed by atoms with Gasteiger partial charge in [-0.1, -0.05) is 6.08 Å². The molecule has 0 rings (SSSR count). The van der Waals surface area contributed by atoms with Crippen LogP contribution in [0.2, 0.25) is 0 Å². The molecule has 4 nitrogen and oxygen atoms in total. The summed E-state index contributed by atoms with van der Waals surface area (Å²) in [6.45, 7) is 4.07. The van der Waals surface area contributed by atoms with E-state index in [1.165, 1.54) is 13.0 Å². The van der Waals surface area contributed by atoms with Crippen molar-refractivity contribution in [3.05, 3.63) is 12.7 Å². The van der Waals surface area contributed by atoms with E-state index in [-0.39, 0.29) is 5.78 Å². The molecule has 0 bridgehead atoms. The zero-order chi connectivity index (χ0) is 9.72. The number of rotatable bonds is 5. The number of hydrogen-bond acceptors (Lipinski definition) is 4. The second kappa shape index (κ2) is 5.03. The van der Waals surface area contributed by atoms with Crippen LogP contribution in [-0.2, 0) is 4.79 Å². The Morgan fingerprint density at radius 3 is 2.33 bits per heavy atom. The Morgan fingerprint density at radius 1 is 1.58 bits per heavy atom. The minimum atomic E-state index is -1.29. The number of ketones is 1. The quantitative estimate of drug-likeness (QED) is 0.472. The van der Waals surface area contributed by atoms with Gasteiger partial charge in [0.05, 0.1) is 18.6 Å². The van der Waals surface area contributed by atoms with E-state index in [2.05, 4.69) is 6.58 Å². The molecule has 0 aromatic rings. The molecule has 0 amide bonds. The summed E-state index contributed by atoms with van der Waals surface area (Å²) in [5.74, 6) is -1.10. The molecular formula is C8H14O4. The van der Waals surface area contributed by atoms with E-state index in [4.69, 9.17) is 10.2 Å². The van der Waals surface area contributed by atoms with Gasteiger partial charge in [-0.25, -0.2) is 0 Å². The van der Waals surface area contributed by atoms with Crippen LogP contribution in [-0.4, -0.2) is 39.9 Å². The van der Waals surface area contributed by atoms with Gasteiger partial charge in [-0.3, -0.25) is 4.79 Å². The summed E-state index contributed by atoms with van der Waals surface area (Å²) < 4.78 is 0. The largest absolute Gasteiger partial charge is 0.394 e. The first kappa shape index (κ1) is 11.3. The summed E-state index contributed by atoms with van der Waals surface area (Å²) >= 11 is 0. The fourth-order valence-corrected chi connectivity index (χ4v) is 0.893. The molecule has 0 aromatic carbocycles. The lowest BCUT2D eigenvalue weighted by atomic mass is 9.95. The molecule has 0 aromatic heterocycles. The van der Waals surface area contributed by atoms with Crippen molar-refractivity contribution in [2.75, 3.05) is 6.61 Å². The first-order valence-corrected chi connectivity index (χ1v) is 3.64. The van der Waals surface area contributed by atoms with E-state index in [0.29, 0.717) is 0 Å². The predicted octanol–water partition coefficient (Wildman–Crippen LogP) is -0.908. The SMILES string of the molecule is C=CC(C(C)=O)C(O)C(O)CO. The van der Waals surface area contributed by atoms with Crippen molar-refractivity contribution in [1.82, 2.24) is 0 Å². The molecule has 4 heteroatoms. The van der Waals surface area contributed by atoms with Crippen molar-refractivity contribution >= 4 is 5.78 Å². The monoisotopic (exact) mass is 174 g/mol. The lowest BCUT2D eigenvalue weighted by Crippen LogP contribution is -2.38. The van der Waals surface area contributed by atoms with Gasteiger partial charge in [-0.2, -0.15) is 0 Å². The van der Waals surface area contributed by atoms with Gasteiger partial charge in [0.1, 0.15) is 11.9 Å². The maximum absolute atomic E-state index is 10.8. The summed E-state index contributed by atoms with van der Waals surface area (Å²) in [5.41, 5.74) is 0. The Bertz CT molecular complexity index is 166. The van der Waals surface area contributed by atoms with E-state index >= 15 is 0 Å². The number of aliphatic hydroxyl groups excluding tert-OH is 3. The molecule has 0 heterocycles. The molecule has 0 spiro atoms. The zero-order valence-corrected chi connectivity index (χ0v) is 6.97. The first-order valence-electron chi connectivity index (χ1n) is 3.64. The lowest BCUT2D eigenvalue weighted by Gasteiger charge is -2.20. The molecule has 0 aliphatic carbocycles.